The number of pyridine rings is 1. The fourth-order valence-corrected chi connectivity index (χ4v) is 5.02. The number of hydrogen-bond acceptors (Lipinski definition) is 10. The summed E-state index contributed by atoms with van der Waals surface area (Å²) in [7, 11) is 0. The summed E-state index contributed by atoms with van der Waals surface area (Å²) in [6, 6.07) is 17.9. The lowest BCUT2D eigenvalue weighted by atomic mass is 10.1. The lowest BCUT2D eigenvalue weighted by molar-refractivity contribution is -0.142. The molecule has 39 heavy (non-hydrogen) atoms. The summed E-state index contributed by atoms with van der Waals surface area (Å²) in [5, 5.41) is 3.26. The summed E-state index contributed by atoms with van der Waals surface area (Å²) >= 11 is 0. The summed E-state index contributed by atoms with van der Waals surface area (Å²) in [5.41, 5.74) is 3.97. The van der Waals surface area contributed by atoms with Gasteiger partial charge in [-0.3, -0.25) is 9.69 Å². The molecule has 2 saturated heterocycles. The van der Waals surface area contributed by atoms with Gasteiger partial charge in [0, 0.05) is 62.8 Å². The van der Waals surface area contributed by atoms with Crippen LogP contribution in [0, 0.1) is 6.92 Å². The molecule has 0 amide bonds. The second kappa shape index (κ2) is 11.1. The third-order valence-electron chi connectivity index (χ3n) is 7.06. The molecule has 0 saturated carbocycles. The molecule has 0 radical (unpaired) electrons. The zero-order valence-corrected chi connectivity index (χ0v) is 21.8. The van der Waals surface area contributed by atoms with Crippen LogP contribution in [-0.2, 0) is 16.0 Å². The Morgan fingerprint density at radius 3 is 2.41 bits per heavy atom. The Morgan fingerprint density at radius 1 is 0.897 bits per heavy atom. The molecule has 198 valence electrons. The molecule has 1 unspecified atom stereocenters. The van der Waals surface area contributed by atoms with Gasteiger partial charge in [-0.2, -0.15) is 0 Å². The van der Waals surface area contributed by atoms with Crippen LogP contribution in [0.1, 0.15) is 23.5 Å². The van der Waals surface area contributed by atoms with Gasteiger partial charge in [-0.05, 0) is 48.9 Å². The van der Waals surface area contributed by atoms with E-state index in [0.717, 1.165) is 55.4 Å². The quantitative estimate of drug-likeness (QED) is 0.363. The van der Waals surface area contributed by atoms with Crippen LogP contribution in [0.3, 0.4) is 0 Å². The number of rotatable bonds is 7. The molecule has 6 rings (SSSR count). The van der Waals surface area contributed by atoms with Gasteiger partial charge < -0.3 is 15.0 Å². The predicted octanol–water partition coefficient (Wildman–Crippen LogP) is 3.41. The van der Waals surface area contributed by atoms with E-state index < -0.39 is 0 Å². The van der Waals surface area contributed by atoms with Gasteiger partial charge in [0.2, 0.25) is 0 Å². The second-order valence-electron chi connectivity index (χ2n) is 9.75. The van der Waals surface area contributed by atoms with E-state index in [4.69, 9.17) is 9.72 Å². The Morgan fingerprint density at radius 2 is 1.67 bits per heavy atom. The third-order valence-corrected chi connectivity index (χ3v) is 7.06. The molecular formula is C29H30N8O2. The number of ether oxygens (including phenoxy) is 1. The second-order valence-corrected chi connectivity index (χ2v) is 9.75. The van der Waals surface area contributed by atoms with Crippen molar-refractivity contribution in [3.63, 3.8) is 0 Å². The van der Waals surface area contributed by atoms with E-state index in [0.29, 0.717) is 30.5 Å². The molecule has 2 aliphatic rings. The monoisotopic (exact) mass is 522 g/mol. The van der Waals surface area contributed by atoms with E-state index in [1.54, 1.807) is 18.5 Å². The lowest BCUT2D eigenvalue weighted by Crippen LogP contribution is -2.51. The van der Waals surface area contributed by atoms with Crippen molar-refractivity contribution in [1.82, 2.24) is 29.8 Å². The van der Waals surface area contributed by atoms with E-state index in [2.05, 4.69) is 59.3 Å². The summed E-state index contributed by atoms with van der Waals surface area (Å²) in [5.74, 6) is 2.51. The summed E-state index contributed by atoms with van der Waals surface area (Å²) < 4.78 is 5.14. The Balaban J connectivity index is 1.07. The fourth-order valence-electron chi connectivity index (χ4n) is 5.02. The van der Waals surface area contributed by atoms with Crippen LogP contribution in [-0.4, -0.2) is 74.6 Å². The Labute approximate surface area is 227 Å². The van der Waals surface area contributed by atoms with Crippen LogP contribution in [0.5, 0.6) is 0 Å². The van der Waals surface area contributed by atoms with Crippen molar-refractivity contribution in [2.75, 3.05) is 43.0 Å². The fraction of sp³-hybridized carbons (Fsp3) is 0.310. The van der Waals surface area contributed by atoms with Gasteiger partial charge in [0.25, 0.3) is 0 Å². The molecular weight excluding hydrogens is 492 g/mol. The number of hydrogen-bond donors (Lipinski definition) is 1. The average Bonchev–Trinajstić information content (AvgIpc) is 3.40. The van der Waals surface area contributed by atoms with Crippen molar-refractivity contribution < 1.29 is 9.53 Å². The number of nitrogens with one attached hydrogen (secondary N) is 1. The van der Waals surface area contributed by atoms with Crippen LogP contribution in [0.25, 0.3) is 11.5 Å². The molecule has 1 aromatic carbocycles. The maximum atomic E-state index is 11.9. The Kier molecular flexibility index (Phi) is 7.09. The Bertz CT molecular complexity index is 1450. The van der Waals surface area contributed by atoms with E-state index in [-0.39, 0.29) is 12.0 Å². The number of esters is 1. The maximum Gasteiger partial charge on any atom is 0.323 e. The smallest absolute Gasteiger partial charge is 0.323 e. The highest BCUT2D eigenvalue weighted by Crippen LogP contribution is 2.22. The molecule has 10 heteroatoms. The van der Waals surface area contributed by atoms with Gasteiger partial charge in [0.15, 0.2) is 5.82 Å². The van der Waals surface area contributed by atoms with E-state index in [9.17, 15) is 4.79 Å². The third kappa shape index (κ3) is 5.85. The molecule has 0 bridgehead atoms. The first-order chi connectivity index (χ1) is 19.1. The van der Waals surface area contributed by atoms with Gasteiger partial charge in [-0.1, -0.05) is 18.2 Å². The molecule has 1 atom stereocenters. The lowest BCUT2D eigenvalue weighted by Gasteiger charge is -2.37. The summed E-state index contributed by atoms with van der Waals surface area (Å²) in [6.07, 6.45) is 4.89. The van der Waals surface area contributed by atoms with Crippen LogP contribution >= 0.6 is 0 Å². The maximum absolute atomic E-state index is 11.9. The minimum atomic E-state index is -0.0735. The number of carbonyl (C=O) groups excluding carboxylic acids is 1. The predicted molar refractivity (Wildman–Crippen MR) is 148 cm³/mol. The van der Waals surface area contributed by atoms with Crippen molar-refractivity contribution in [3.8, 4) is 11.5 Å². The molecule has 1 N–H and O–H groups in total. The largest absolute Gasteiger partial charge is 0.464 e. The number of cyclic esters (lactones) is 1. The first-order valence-corrected chi connectivity index (χ1v) is 13.2. The molecule has 5 heterocycles. The molecule has 2 fully saturated rings. The number of aromatic nitrogens is 5. The van der Waals surface area contributed by atoms with E-state index in [1.165, 1.54) is 5.69 Å². The van der Waals surface area contributed by atoms with Crippen molar-refractivity contribution in [1.29, 1.82) is 0 Å². The van der Waals surface area contributed by atoms with E-state index >= 15 is 0 Å². The zero-order valence-electron chi connectivity index (χ0n) is 21.8. The highest BCUT2D eigenvalue weighted by Gasteiger charge is 2.34. The molecule has 0 aliphatic carbocycles. The van der Waals surface area contributed by atoms with Gasteiger partial charge in [0.05, 0.1) is 6.61 Å². The Hall–Kier alpha value is -4.44. The van der Waals surface area contributed by atoms with Crippen LogP contribution < -0.4 is 10.2 Å². The number of piperazine rings is 1. The normalized spacial score (nSPS) is 17.7. The van der Waals surface area contributed by atoms with Gasteiger partial charge >= 0.3 is 5.97 Å². The van der Waals surface area contributed by atoms with Crippen LogP contribution in [0.2, 0.25) is 0 Å². The van der Waals surface area contributed by atoms with Crippen LogP contribution in [0.15, 0.2) is 67.0 Å². The van der Waals surface area contributed by atoms with Crippen molar-refractivity contribution in [2.24, 2.45) is 0 Å². The first-order valence-electron chi connectivity index (χ1n) is 13.2. The minimum Gasteiger partial charge on any atom is -0.464 e. The SMILES string of the molecule is Cc1cccc(-c2nccc(Nc3ccnc(Cc4ccc(N5CCN(C6CCOC6=O)CC5)cc4)n3)n2)n1. The van der Waals surface area contributed by atoms with Gasteiger partial charge in [-0.25, -0.2) is 24.9 Å². The highest BCUT2D eigenvalue weighted by atomic mass is 16.5. The zero-order chi connectivity index (χ0) is 26.6. The minimum absolute atomic E-state index is 0.0682. The van der Waals surface area contributed by atoms with Gasteiger partial charge in [0.1, 0.15) is 29.2 Å². The topological polar surface area (TPSA) is 109 Å². The summed E-state index contributed by atoms with van der Waals surface area (Å²) in [6.45, 7) is 6.01. The summed E-state index contributed by atoms with van der Waals surface area (Å²) in [4.78, 5) is 39.2. The molecule has 3 aromatic heterocycles. The first kappa shape index (κ1) is 24.9. The molecule has 2 aliphatic heterocycles. The number of nitrogens with zero attached hydrogens (tertiary/aromatic N) is 7. The van der Waals surface area contributed by atoms with Crippen molar-refractivity contribution in [2.45, 2.75) is 25.8 Å². The van der Waals surface area contributed by atoms with Crippen molar-refractivity contribution in [3.05, 3.63) is 84.1 Å². The molecule has 0 spiro atoms. The standard InChI is InChI=1S/C29H30N8O2/c1-20-3-2-4-23(32-20)28-31-13-10-26(35-28)33-25-9-12-30-27(34-25)19-21-5-7-22(8-6-21)36-14-16-37(17-15-36)24-11-18-39-29(24)38/h2-10,12-13,24H,11,14-19H2,1H3,(H,30,31,33,34,35). The molecule has 4 aromatic rings. The number of anilines is 3. The van der Waals surface area contributed by atoms with E-state index in [1.807, 2.05) is 31.2 Å². The number of benzene rings is 1. The van der Waals surface area contributed by atoms with Crippen LogP contribution in [0.4, 0.5) is 17.3 Å². The average molecular weight is 523 g/mol. The highest BCUT2D eigenvalue weighted by molar-refractivity contribution is 5.77. The number of aryl methyl sites for hydroxylation is 1. The number of carbonyl (C=O) groups is 1. The van der Waals surface area contributed by atoms with Crippen molar-refractivity contribution >= 4 is 23.3 Å². The molecule has 10 nitrogen and oxygen atoms in total. The van der Waals surface area contributed by atoms with Gasteiger partial charge in [-0.15, -0.1) is 0 Å².